The molecule has 0 aromatic heterocycles. The molecule has 2 atom stereocenters. The molecule has 2 aromatic rings. The van der Waals surface area contributed by atoms with Gasteiger partial charge in [0, 0.05) is 12.8 Å². The number of para-hydroxylation sites is 1. The zero-order chi connectivity index (χ0) is 20.8. The van der Waals surface area contributed by atoms with Crippen LogP contribution in [0.4, 0.5) is 10.5 Å². The molecule has 0 bridgehead atoms. The Morgan fingerprint density at radius 3 is 2.38 bits per heavy atom. The summed E-state index contributed by atoms with van der Waals surface area (Å²) in [5, 5.41) is 18.5. The van der Waals surface area contributed by atoms with Gasteiger partial charge in [0.05, 0.1) is 11.6 Å². The molecule has 1 aliphatic rings. The second kappa shape index (κ2) is 9.23. The quantitative estimate of drug-likeness (QED) is 0.658. The van der Waals surface area contributed by atoms with Crippen LogP contribution in [0.5, 0.6) is 0 Å². The van der Waals surface area contributed by atoms with Gasteiger partial charge in [-0.1, -0.05) is 48.5 Å². The molecule has 2 N–H and O–H groups in total. The van der Waals surface area contributed by atoms with E-state index in [1.165, 1.54) is 4.90 Å². The molecule has 0 fully saturated rings. The van der Waals surface area contributed by atoms with Crippen molar-refractivity contribution in [1.82, 2.24) is 0 Å². The van der Waals surface area contributed by atoms with E-state index in [0.29, 0.717) is 18.5 Å². The summed E-state index contributed by atoms with van der Waals surface area (Å²) in [4.78, 5) is 36.8. The van der Waals surface area contributed by atoms with E-state index >= 15 is 0 Å². The number of benzene rings is 2. The lowest BCUT2D eigenvalue weighted by molar-refractivity contribution is -0.142. The number of carbonyl (C=O) groups is 3. The Hall–Kier alpha value is -3.35. The van der Waals surface area contributed by atoms with Crippen LogP contribution < -0.4 is 4.90 Å². The highest BCUT2D eigenvalue weighted by Gasteiger charge is 2.36. The maximum atomic E-state index is 12.9. The number of amides is 1. The van der Waals surface area contributed by atoms with Crippen molar-refractivity contribution in [3.05, 3.63) is 65.7 Å². The van der Waals surface area contributed by atoms with Crippen molar-refractivity contribution in [1.29, 1.82) is 0 Å². The van der Waals surface area contributed by atoms with Gasteiger partial charge < -0.3 is 14.9 Å². The van der Waals surface area contributed by atoms with Crippen LogP contribution in [0.1, 0.15) is 30.4 Å². The van der Waals surface area contributed by atoms with Gasteiger partial charge in [0.25, 0.3) is 0 Å². The Morgan fingerprint density at radius 2 is 1.69 bits per heavy atom. The first kappa shape index (κ1) is 20.4. The van der Waals surface area contributed by atoms with Crippen molar-refractivity contribution in [3.8, 4) is 0 Å². The predicted octanol–water partition coefficient (Wildman–Crippen LogP) is 3.71. The number of anilines is 1. The van der Waals surface area contributed by atoms with Crippen molar-refractivity contribution in [2.75, 3.05) is 4.90 Å². The number of nitrogens with zero attached hydrogens (tertiary/aromatic N) is 1. The zero-order valence-electron chi connectivity index (χ0n) is 15.9. The fourth-order valence-corrected chi connectivity index (χ4v) is 3.65. The summed E-state index contributed by atoms with van der Waals surface area (Å²) >= 11 is 0. The van der Waals surface area contributed by atoms with Crippen LogP contribution in [0.25, 0.3) is 0 Å². The molecule has 0 radical (unpaired) electrons. The highest BCUT2D eigenvalue weighted by molar-refractivity contribution is 5.96. The lowest BCUT2D eigenvalue weighted by atomic mass is 9.95. The van der Waals surface area contributed by atoms with Crippen molar-refractivity contribution in [2.24, 2.45) is 5.92 Å². The van der Waals surface area contributed by atoms with E-state index in [2.05, 4.69) is 0 Å². The van der Waals surface area contributed by atoms with Gasteiger partial charge in [-0.2, -0.15) is 0 Å². The highest BCUT2D eigenvalue weighted by Crippen LogP contribution is 2.33. The van der Waals surface area contributed by atoms with E-state index in [1.807, 2.05) is 42.5 Å². The van der Waals surface area contributed by atoms with Gasteiger partial charge in [-0.3, -0.25) is 14.5 Å². The predicted molar refractivity (Wildman–Crippen MR) is 106 cm³/mol. The van der Waals surface area contributed by atoms with E-state index in [0.717, 1.165) is 11.1 Å². The summed E-state index contributed by atoms with van der Waals surface area (Å²) in [6, 6.07) is 16.7. The smallest absolute Gasteiger partial charge is 0.481 e. The van der Waals surface area contributed by atoms with Gasteiger partial charge in [0.15, 0.2) is 6.23 Å². The maximum absolute atomic E-state index is 12.9. The van der Waals surface area contributed by atoms with Gasteiger partial charge in [-0.15, -0.1) is 0 Å². The van der Waals surface area contributed by atoms with Crippen LogP contribution in [0.2, 0.25) is 0 Å². The van der Waals surface area contributed by atoms with E-state index in [1.54, 1.807) is 12.1 Å². The number of hydrogen-bond donors (Lipinski definition) is 2. The third-order valence-corrected chi connectivity index (χ3v) is 5.12. The number of rotatable bonds is 8. The average molecular weight is 397 g/mol. The summed E-state index contributed by atoms with van der Waals surface area (Å²) in [5.41, 5.74) is 2.49. The topological polar surface area (TPSA) is 104 Å². The first-order valence-electron chi connectivity index (χ1n) is 9.52. The molecule has 2 aromatic carbocycles. The van der Waals surface area contributed by atoms with Crippen molar-refractivity contribution in [3.63, 3.8) is 0 Å². The van der Waals surface area contributed by atoms with Gasteiger partial charge in [-0.25, -0.2) is 4.79 Å². The molecule has 29 heavy (non-hydrogen) atoms. The summed E-state index contributed by atoms with van der Waals surface area (Å²) in [7, 11) is 0. The van der Waals surface area contributed by atoms with Crippen LogP contribution >= 0.6 is 0 Å². The Morgan fingerprint density at radius 1 is 1.00 bits per heavy atom. The number of aliphatic carboxylic acids is 1. The molecule has 0 unspecified atom stereocenters. The molecule has 0 aliphatic carbocycles. The van der Waals surface area contributed by atoms with E-state index in [4.69, 9.17) is 9.84 Å². The van der Waals surface area contributed by atoms with Crippen LogP contribution in [0, 0.1) is 5.92 Å². The molecular formula is C22H23NO6. The van der Waals surface area contributed by atoms with Crippen LogP contribution in [0.3, 0.4) is 0 Å². The number of aryl methyl sites for hydroxylation is 1. The number of fused-ring (bicyclic) bond motifs is 1. The standard InChI is InChI=1S/C22H23NO6/c24-19(13-12-16(21(25)26)11-10-15-6-2-1-3-7-15)23-18-9-5-4-8-17(18)14-20(23)29-22(27)28/h1-9,16,20H,10-14H2,(H,25,26)(H,27,28)/t16-,20+/m1/s1. The molecule has 0 saturated carbocycles. The van der Waals surface area contributed by atoms with Crippen molar-refractivity contribution in [2.45, 2.75) is 38.3 Å². The number of ether oxygens (including phenoxy) is 1. The van der Waals surface area contributed by atoms with Gasteiger partial charge in [0.1, 0.15) is 0 Å². The first-order valence-corrected chi connectivity index (χ1v) is 9.52. The van der Waals surface area contributed by atoms with Crippen LogP contribution in [-0.2, 0) is 27.2 Å². The minimum absolute atomic E-state index is 0.000427. The Balaban J connectivity index is 1.65. The van der Waals surface area contributed by atoms with Crippen molar-refractivity contribution < 1.29 is 29.3 Å². The Kier molecular flexibility index (Phi) is 6.49. The normalized spacial score (nSPS) is 16.1. The maximum Gasteiger partial charge on any atom is 0.507 e. The Bertz CT molecular complexity index is 882. The summed E-state index contributed by atoms with van der Waals surface area (Å²) in [6.45, 7) is 0. The molecule has 1 heterocycles. The number of carbonyl (C=O) groups excluding carboxylic acids is 1. The molecule has 0 saturated heterocycles. The molecule has 1 amide bonds. The fraction of sp³-hybridized carbons (Fsp3) is 0.318. The fourth-order valence-electron chi connectivity index (χ4n) is 3.65. The number of hydrogen-bond acceptors (Lipinski definition) is 4. The molecule has 152 valence electrons. The third kappa shape index (κ3) is 5.13. The second-order valence-electron chi connectivity index (χ2n) is 7.03. The summed E-state index contributed by atoms with van der Waals surface area (Å²) < 4.78 is 4.89. The van der Waals surface area contributed by atoms with Crippen molar-refractivity contribution >= 4 is 23.7 Å². The number of carboxylic acid groups (broad SMARTS) is 2. The zero-order valence-corrected chi connectivity index (χ0v) is 15.9. The summed E-state index contributed by atoms with van der Waals surface area (Å²) in [6.07, 6.45) is -0.873. The number of carboxylic acids is 1. The van der Waals surface area contributed by atoms with Crippen LogP contribution in [-0.4, -0.2) is 34.5 Å². The second-order valence-corrected chi connectivity index (χ2v) is 7.03. The van der Waals surface area contributed by atoms with Gasteiger partial charge in [0.2, 0.25) is 5.91 Å². The molecule has 7 nitrogen and oxygen atoms in total. The lowest BCUT2D eigenvalue weighted by Crippen LogP contribution is -2.40. The molecule has 7 heteroatoms. The van der Waals surface area contributed by atoms with Gasteiger partial charge >= 0.3 is 12.1 Å². The third-order valence-electron chi connectivity index (χ3n) is 5.12. The molecule has 1 aliphatic heterocycles. The van der Waals surface area contributed by atoms with Gasteiger partial charge in [-0.05, 0) is 36.5 Å². The molecular weight excluding hydrogens is 374 g/mol. The molecule has 0 spiro atoms. The lowest BCUT2D eigenvalue weighted by Gasteiger charge is -2.25. The molecule has 3 rings (SSSR count). The largest absolute Gasteiger partial charge is 0.507 e. The Labute approximate surface area is 168 Å². The minimum atomic E-state index is -1.45. The summed E-state index contributed by atoms with van der Waals surface area (Å²) in [5.74, 6) is -1.93. The average Bonchev–Trinajstić information content (AvgIpc) is 3.05. The highest BCUT2D eigenvalue weighted by atomic mass is 16.7. The van der Waals surface area contributed by atoms with E-state index < -0.39 is 24.3 Å². The SMILES string of the molecule is O=C(O)O[C@H]1Cc2ccccc2N1C(=O)CC[C@@H](CCc1ccccc1)C(=O)O. The minimum Gasteiger partial charge on any atom is -0.481 e. The first-order chi connectivity index (χ1) is 14.0. The van der Waals surface area contributed by atoms with Crippen LogP contribution in [0.15, 0.2) is 54.6 Å². The van der Waals surface area contributed by atoms with E-state index in [-0.39, 0.29) is 25.2 Å². The monoisotopic (exact) mass is 397 g/mol. The van der Waals surface area contributed by atoms with E-state index in [9.17, 15) is 19.5 Å².